The molecule has 1 aliphatic rings. The number of hydrogen-bond acceptors (Lipinski definition) is 5. The van der Waals surface area contributed by atoms with Gasteiger partial charge in [0.25, 0.3) is 0 Å². The topological polar surface area (TPSA) is 56.3 Å². The van der Waals surface area contributed by atoms with Crippen molar-refractivity contribution < 1.29 is 9.31 Å². The first-order valence-electron chi connectivity index (χ1n) is 10.2. The Bertz CT molecular complexity index is 1240. The van der Waals surface area contributed by atoms with Crippen molar-refractivity contribution in [3.05, 3.63) is 67.0 Å². The van der Waals surface area contributed by atoms with Crippen LogP contribution in [0, 0.1) is 0 Å². The molecule has 1 N–H and O–H groups in total. The summed E-state index contributed by atoms with van der Waals surface area (Å²) in [4.78, 5) is 8.99. The molecule has 30 heavy (non-hydrogen) atoms. The zero-order chi connectivity index (χ0) is 20.9. The molecule has 4 aromatic rings. The molecular formula is C24H24BN3O2. The average molecular weight is 397 g/mol. The molecule has 1 aliphatic heterocycles. The predicted octanol–water partition coefficient (Wildman–Crippen LogP) is 4.83. The SMILES string of the molecule is CC1(C)OB(c2cccc3c(Nc4ccc5ncccc5c4)nccc23)OC1(C)C. The van der Waals surface area contributed by atoms with Crippen molar-refractivity contribution in [3.63, 3.8) is 0 Å². The Labute approximate surface area is 176 Å². The molecule has 0 aliphatic carbocycles. The second kappa shape index (κ2) is 6.79. The van der Waals surface area contributed by atoms with Crippen molar-refractivity contribution in [2.75, 3.05) is 5.32 Å². The van der Waals surface area contributed by atoms with Gasteiger partial charge in [-0.05, 0) is 68.9 Å². The lowest BCUT2D eigenvalue weighted by molar-refractivity contribution is 0.00578. The molecule has 5 rings (SSSR count). The number of nitrogens with one attached hydrogen (secondary N) is 1. The second-order valence-electron chi connectivity index (χ2n) is 8.73. The number of fused-ring (bicyclic) bond motifs is 2. The van der Waals surface area contributed by atoms with E-state index in [1.807, 2.05) is 36.5 Å². The van der Waals surface area contributed by atoms with Crippen LogP contribution in [0.2, 0.25) is 0 Å². The zero-order valence-corrected chi connectivity index (χ0v) is 17.6. The maximum absolute atomic E-state index is 6.29. The van der Waals surface area contributed by atoms with Gasteiger partial charge in [-0.25, -0.2) is 4.98 Å². The third-order valence-corrected chi connectivity index (χ3v) is 6.21. The summed E-state index contributed by atoms with van der Waals surface area (Å²) in [5, 5.41) is 6.64. The van der Waals surface area contributed by atoms with Gasteiger partial charge in [0, 0.05) is 28.9 Å². The van der Waals surface area contributed by atoms with Gasteiger partial charge in [0.2, 0.25) is 0 Å². The van der Waals surface area contributed by atoms with Crippen molar-refractivity contribution in [1.82, 2.24) is 9.97 Å². The summed E-state index contributed by atoms with van der Waals surface area (Å²) in [5.41, 5.74) is 2.19. The summed E-state index contributed by atoms with van der Waals surface area (Å²) >= 11 is 0. The average Bonchev–Trinajstić information content (AvgIpc) is 2.95. The van der Waals surface area contributed by atoms with E-state index in [-0.39, 0.29) is 11.2 Å². The molecule has 0 saturated carbocycles. The summed E-state index contributed by atoms with van der Waals surface area (Å²) < 4.78 is 12.6. The van der Waals surface area contributed by atoms with Gasteiger partial charge < -0.3 is 14.6 Å². The highest BCUT2D eigenvalue weighted by Gasteiger charge is 2.52. The van der Waals surface area contributed by atoms with E-state index in [2.05, 4.69) is 67.2 Å². The minimum Gasteiger partial charge on any atom is -0.399 e. The Balaban J connectivity index is 1.54. The number of aromatic nitrogens is 2. The fourth-order valence-corrected chi connectivity index (χ4v) is 3.80. The van der Waals surface area contributed by atoms with E-state index < -0.39 is 7.12 Å². The van der Waals surface area contributed by atoms with E-state index in [0.717, 1.165) is 38.6 Å². The van der Waals surface area contributed by atoms with Gasteiger partial charge in [-0.1, -0.05) is 24.3 Å². The van der Waals surface area contributed by atoms with Gasteiger partial charge in [0.15, 0.2) is 0 Å². The zero-order valence-electron chi connectivity index (χ0n) is 17.6. The lowest BCUT2D eigenvalue weighted by Crippen LogP contribution is -2.41. The summed E-state index contributed by atoms with van der Waals surface area (Å²) in [6.45, 7) is 8.28. The van der Waals surface area contributed by atoms with Crippen LogP contribution in [-0.2, 0) is 9.31 Å². The van der Waals surface area contributed by atoms with Gasteiger partial charge in [0.05, 0.1) is 16.7 Å². The molecule has 1 saturated heterocycles. The van der Waals surface area contributed by atoms with Crippen molar-refractivity contribution in [2.45, 2.75) is 38.9 Å². The van der Waals surface area contributed by atoms with Crippen LogP contribution < -0.4 is 10.8 Å². The minimum absolute atomic E-state index is 0.382. The van der Waals surface area contributed by atoms with E-state index in [1.165, 1.54) is 0 Å². The van der Waals surface area contributed by atoms with Crippen molar-refractivity contribution in [1.29, 1.82) is 0 Å². The molecule has 0 atom stereocenters. The lowest BCUT2D eigenvalue weighted by Gasteiger charge is -2.32. The summed E-state index contributed by atoms with van der Waals surface area (Å²) in [5.74, 6) is 0.800. The van der Waals surface area contributed by atoms with E-state index in [1.54, 1.807) is 6.20 Å². The Morgan fingerprint density at radius 1 is 0.800 bits per heavy atom. The third kappa shape index (κ3) is 3.13. The highest BCUT2D eigenvalue weighted by molar-refractivity contribution is 6.65. The smallest absolute Gasteiger partial charge is 0.399 e. The predicted molar refractivity (Wildman–Crippen MR) is 122 cm³/mol. The molecule has 3 heterocycles. The third-order valence-electron chi connectivity index (χ3n) is 6.21. The number of benzene rings is 2. The molecule has 0 amide bonds. The van der Waals surface area contributed by atoms with Crippen LogP contribution in [0.25, 0.3) is 21.7 Å². The highest BCUT2D eigenvalue weighted by Crippen LogP contribution is 2.37. The minimum atomic E-state index is -0.416. The molecule has 2 aromatic heterocycles. The van der Waals surface area contributed by atoms with Crippen LogP contribution in [0.5, 0.6) is 0 Å². The first-order valence-corrected chi connectivity index (χ1v) is 10.2. The van der Waals surface area contributed by atoms with Gasteiger partial charge in [-0.15, -0.1) is 0 Å². The van der Waals surface area contributed by atoms with Crippen molar-refractivity contribution in [2.24, 2.45) is 0 Å². The Kier molecular flexibility index (Phi) is 4.31. The van der Waals surface area contributed by atoms with Gasteiger partial charge in [0.1, 0.15) is 5.82 Å². The monoisotopic (exact) mass is 397 g/mol. The van der Waals surface area contributed by atoms with Crippen LogP contribution in [0.1, 0.15) is 27.7 Å². The summed E-state index contributed by atoms with van der Waals surface area (Å²) in [6, 6.07) is 18.3. The van der Waals surface area contributed by atoms with E-state index in [4.69, 9.17) is 9.31 Å². The molecule has 0 radical (unpaired) electrons. The first-order chi connectivity index (χ1) is 14.3. The van der Waals surface area contributed by atoms with Crippen LogP contribution in [0.15, 0.2) is 67.0 Å². The van der Waals surface area contributed by atoms with Crippen LogP contribution >= 0.6 is 0 Å². The normalized spacial score (nSPS) is 17.5. The first kappa shape index (κ1) is 19.0. The maximum Gasteiger partial charge on any atom is 0.495 e. The molecule has 0 unspecified atom stereocenters. The van der Waals surface area contributed by atoms with Gasteiger partial charge in [-0.3, -0.25) is 4.98 Å². The summed E-state index contributed by atoms with van der Waals surface area (Å²) in [6.07, 6.45) is 3.63. The van der Waals surface area contributed by atoms with E-state index in [0.29, 0.717) is 0 Å². The molecule has 0 spiro atoms. The molecule has 0 bridgehead atoms. The number of pyridine rings is 2. The Hall–Kier alpha value is -2.96. The van der Waals surface area contributed by atoms with E-state index in [9.17, 15) is 0 Å². The second-order valence-corrected chi connectivity index (χ2v) is 8.73. The molecule has 5 nitrogen and oxygen atoms in total. The molecule has 6 heteroatoms. The number of nitrogens with zero attached hydrogens (tertiary/aromatic N) is 2. The van der Waals surface area contributed by atoms with E-state index >= 15 is 0 Å². The largest absolute Gasteiger partial charge is 0.495 e. The quantitative estimate of drug-likeness (QED) is 0.502. The number of hydrogen-bond donors (Lipinski definition) is 1. The standard InChI is InChI=1S/C24H24BN3O2/c1-23(2)24(3,4)30-25(29-23)20-9-5-8-19-18(20)12-14-27-22(19)28-17-10-11-21-16(15-17)7-6-13-26-21/h5-15H,1-4H3,(H,27,28). The fraction of sp³-hybridized carbons (Fsp3) is 0.250. The number of anilines is 2. The molecule has 2 aromatic carbocycles. The van der Waals surface area contributed by atoms with Crippen molar-refractivity contribution in [3.8, 4) is 0 Å². The summed E-state index contributed by atoms with van der Waals surface area (Å²) in [7, 11) is -0.416. The maximum atomic E-state index is 6.29. The van der Waals surface area contributed by atoms with Gasteiger partial charge >= 0.3 is 7.12 Å². The number of rotatable bonds is 3. The van der Waals surface area contributed by atoms with Crippen molar-refractivity contribution >= 4 is 45.8 Å². The molecular weight excluding hydrogens is 373 g/mol. The van der Waals surface area contributed by atoms with Crippen LogP contribution in [-0.4, -0.2) is 28.3 Å². The van der Waals surface area contributed by atoms with Crippen LogP contribution in [0.4, 0.5) is 11.5 Å². The Morgan fingerprint density at radius 3 is 2.40 bits per heavy atom. The van der Waals surface area contributed by atoms with Gasteiger partial charge in [-0.2, -0.15) is 0 Å². The Morgan fingerprint density at radius 2 is 1.60 bits per heavy atom. The molecule has 1 fully saturated rings. The molecule has 150 valence electrons. The van der Waals surface area contributed by atoms with Crippen LogP contribution in [0.3, 0.4) is 0 Å². The lowest BCUT2D eigenvalue weighted by atomic mass is 9.76. The highest BCUT2D eigenvalue weighted by atomic mass is 16.7. The fourth-order valence-electron chi connectivity index (χ4n) is 3.80.